The number of fused-ring (bicyclic) bond motifs is 4. The molecule has 322 valence electrons. The molecule has 3 aliphatic carbocycles. The number of hydrogen-bond acceptors (Lipinski definition) is 12. The number of esters is 1. The van der Waals surface area contributed by atoms with Crippen LogP contribution in [0, 0.1) is 59.2 Å². The van der Waals surface area contributed by atoms with Crippen LogP contribution in [0.5, 0.6) is 0 Å². The first-order valence-corrected chi connectivity index (χ1v) is 23.2. The number of nitrogens with two attached hydrogens (primary N) is 2. The van der Waals surface area contributed by atoms with Crippen LogP contribution in [0.25, 0.3) is 0 Å². The number of piperidine rings is 2. The summed E-state index contributed by atoms with van der Waals surface area (Å²) < 4.78 is 21.4. The summed E-state index contributed by atoms with van der Waals surface area (Å²) in [6.07, 6.45) is 12.5. The molecule has 5 heterocycles. The third-order valence-electron chi connectivity index (χ3n) is 16.9. The summed E-state index contributed by atoms with van der Waals surface area (Å²) in [4.78, 5) is 28.6. The molecule has 5 aliphatic heterocycles. The van der Waals surface area contributed by atoms with Crippen LogP contribution in [0.1, 0.15) is 123 Å². The van der Waals surface area contributed by atoms with Crippen LogP contribution < -0.4 is 22.1 Å². The maximum absolute atomic E-state index is 14.4. The molecular formula is C45H74N4O8. The van der Waals surface area contributed by atoms with E-state index in [1.165, 1.54) is 0 Å². The van der Waals surface area contributed by atoms with E-state index in [4.69, 9.17) is 25.7 Å². The van der Waals surface area contributed by atoms with E-state index in [2.05, 4.69) is 17.6 Å². The van der Waals surface area contributed by atoms with Crippen molar-refractivity contribution in [2.45, 2.75) is 178 Å². The Labute approximate surface area is 340 Å². The smallest absolute Gasteiger partial charge is 0.334 e. The number of carbonyl (C=O) groups excluding carboxylic acids is 2. The Kier molecular flexibility index (Phi) is 13.2. The van der Waals surface area contributed by atoms with Gasteiger partial charge in [0.05, 0.1) is 55.4 Å². The predicted molar refractivity (Wildman–Crippen MR) is 215 cm³/mol. The number of carbonyl (C=O) groups is 2. The van der Waals surface area contributed by atoms with Crippen molar-refractivity contribution in [2.24, 2.45) is 70.6 Å². The molecule has 8 rings (SSSR count). The molecule has 0 aromatic carbocycles. The highest BCUT2D eigenvalue weighted by molar-refractivity contribution is 5.89. The van der Waals surface area contributed by atoms with Gasteiger partial charge in [-0.05, 0) is 145 Å². The second kappa shape index (κ2) is 17.9. The molecule has 0 spiro atoms. The molecule has 2 bridgehead atoms. The zero-order valence-electron chi connectivity index (χ0n) is 34.6. The lowest BCUT2D eigenvalue weighted by molar-refractivity contribution is -0.306. The van der Waals surface area contributed by atoms with Crippen molar-refractivity contribution in [1.29, 1.82) is 0 Å². The Morgan fingerprint density at radius 3 is 2.44 bits per heavy atom. The fourth-order valence-corrected chi connectivity index (χ4v) is 13.9. The van der Waals surface area contributed by atoms with Gasteiger partial charge in [-0.2, -0.15) is 0 Å². The summed E-state index contributed by atoms with van der Waals surface area (Å²) in [5.41, 5.74) is 13.3. The molecule has 18 unspecified atom stereocenters. The summed E-state index contributed by atoms with van der Waals surface area (Å²) in [5.74, 6) is -0.528. The first-order valence-electron chi connectivity index (χ1n) is 23.2. The fraction of sp³-hybridized carbons (Fsp3) is 0.911. The van der Waals surface area contributed by atoms with E-state index in [9.17, 15) is 24.9 Å². The quantitative estimate of drug-likeness (QED) is 0.139. The molecule has 0 amide bonds. The highest BCUT2D eigenvalue weighted by atomic mass is 16.6. The molecule has 12 heteroatoms. The van der Waals surface area contributed by atoms with Gasteiger partial charge in [-0.1, -0.05) is 31.8 Å². The molecule has 0 aromatic rings. The Balaban J connectivity index is 1.24. The topological polar surface area (TPSA) is 199 Å². The van der Waals surface area contributed by atoms with Gasteiger partial charge < -0.3 is 51.6 Å². The fourth-order valence-electron chi connectivity index (χ4n) is 13.9. The number of aliphatic hydroxyl groups is 3. The molecule has 18 atom stereocenters. The largest absolute Gasteiger partial charge is 0.456 e. The van der Waals surface area contributed by atoms with E-state index in [1.807, 2.05) is 13.0 Å². The van der Waals surface area contributed by atoms with Crippen LogP contribution in [-0.2, 0) is 23.8 Å². The zero-order chi connectivity index (χ0) is 40.0. The van der Waals surface area contributed by atoms with Crippen LogP contribution in [0.15, 0.2) is 11.6 Å². The van der Waals surface area contributed by atoms with Gasteiger partial charge in [-0.15, -0.1) is 0 Å². The van der Waals surface area contributed by atoms with Gasteiger partial charge in [0.2, 0.25) is 0 Å². The molecule has 8 fully saturated rings. The summed E-state index contributed by atoms with van der Waals surface area (Å²) in [5, 5.41) is 41.0. The van der Waals surface area contributed by atoms with Crippen LogP contribution >= 0.6 is 0 Å². The van der Waals surface area contributed by atoms with E-state index in [1.54, 1.807) is 0 Å². The third kappa shape index (κ3) is 8.44. The molecule has 12 nitrogen and oxygen atoms in total. The molecule has 9 N–H and O–H groups in total. The number of ether oxygens (including phenoxy) is 3. The number of aliphatic hydroxyl groups excluding tert-OH is 3. The lowest BCUT2D eigenvalue weighted by atomic mass is 9.53. The average Bonchev–Trinajstić information content (AvgIpc) is 3.72. The predicted octanol–water partition coefficient (Wildman–Crippen LogP) is 3.68. The van der Waals surface area contributed by atoms with Crippen LogP contribution in [0.3, 0.4) is 0 Å². The summed E-state index contributed by atoms with van der Waals surface area (Å²) in [7, 11) is 0. The number of hydrogen-bond donors (Lipinski definition) is 7. The van der Waals surface area contributed by atoms with Crippen molar-refractivity contribution < 1.29 is 39.1 Å². The minimum Gasteiger partial charge on any atom is -0.456 e. The van der Waals surface area contributed by atoms with Gasteiger partial charge >= 0.3 is 5.97 Å². The van der Waals surface area contributed by atoms with Crippen molar-refractivity contribution in [2.75, 3.05) is 19.7 Å². The van der Waals surface area contributed by atoms with Gasteiger partial charge in [0.15, 0.2) is 0 Å². The molecule has 5 saturated heterocycles. The second-order valence-corrected chi connectivity index (χ2v) is 20.1. The van der Waals surface area contributed by atoms with Gasteiger partial charge in [0.1, 0.15) is 17.5 Å². The molecule has 8 aliphatic rings. The second-order valence-electron chi connectivity index (χ2n) is 20.1. The van der Waals surface area contributed by atoms with Crippen molar-refractivity contribution in [3.8, 4) is 0 Å². The van der Waals surface area contributed by atoms with E-state index >= 15 is 0 Å². The highest BCUT2D eigenvalue weighted by Gasteiger charge is 2.65. The van der Waals surface area contributed by atoms with E-state index in [-0.39, 0.29) is 78.7 Å². The van der Waals surface area contributed by atoms with Crippen molar-refractivity contribution in [1.82, 2.24) is 10.6 Å². The lowest BCUT2D eigenvalue weighted by Gasteiger charge is -2.62. The van der Waals surface area contributed by atoms with Crippen molar-refractivity contribution in [3.63, 3.8) is 0 Å². The van der Waals surface area contributed by atoms with Crippen molar-refractivity contribution in [3.05, 3.63) is 11.6 Å². The molecule has 57 heavy (non-hydrogen) atoms. The molecule has 3 saturated carbocycles. The number of nitrogens with one attached hydrogen (secondary N) is 2. The molecular weight excluding hydrogens is 725 g/mol. The summed E-state index contributed by atoms with van der Waals surface area (Å²) in [6, 6.07) is 0. The average molecular weight is 799 g/mol. The highest BCUT2D eigenvalue weighted by Crippen LogP contribution is 2.58. The first-order chi connectivity index (χ1) is 27.5. The number of ketones is 1. The van der Waals surface area contributed by atoms with Gasteiger partial charge in [-0.25, -0.2) is 4.79 Å². The summed E-state index contributed by atoms with van der Waals surface area (Å²) >= 11 is 0. The Bertz CT molecular complexity index is 1440. The maximum atomic E-state index is 14.4. The maximum Gasteiger partial charge on any atom is 0.334 e. The molecule has 0 aromatic heterocycles. The standard InChI is InChI=1S/C45H74N4O8/c1-3-30(26-8-4-5-9-26)44(54)56-36-21-34-40(53)39-35(52)20-29(23-50)55-42(39)38-33(19-24-7-6-10-28(51)18-24)31-15-16-48-43(47)32(31)13-12-27(45(36,2)57-41(34)38)17-25-11-14-37(46)49-22-25/h3,24-29,31-34,36-43,48-51,53H,4-23,46-47H2,1-2H3. The van der Waals surface area contributed by atoms with E-state index in [0.29, 0.717) is 18.3 Å². The third-order valence-corrected chi connectivity index (χ3v) is 16.9. The number of rotatable bonds is 8. The normalized spacial score (nSPS) is 48.4. The Morgan fingerprint density at radius 1 is 0.912 bits per heavy atom. The van der Waals surface area contributed by atoms with Gasteiger partial charge in [0.25, 0.3) is 0 Å². The van der Waals surface area contributed by atoms with Crippen LogP contribution in [-0.4, -0.2) is 101 Å². The van der Waals surface area contributed by atoms with E-state index < -0.39 is 48.0 Å². The van der Waals surface area contributed by atoms with Crippen LogP contribution in [0.2, 0.25) is 0 Å². The number of Topliss-reactive ketones (excluding diaryl/α,β-unsaturated/α-hetero) is 1. The van der Waals surface area contributed by atoms with Crippen LogP contribution in [0.4, 0.5) is 0 Å². The summed E-state index contributed by atoms with van der Waals surface area (Å²) in [6.45, 7) is 5.45. The Morgan fingerprint density at radius 2 is 1.72 bits per heavy atom. The minimum atomic E-state index is -1.04. The number of allylic oxidation sites excluding steroid dienone is 1. The first kappa shape index (κ1) is 42.2. The van der Waals surface area contributed by atoms with Crippen molar-refractivity contribution >= 4 is 11.8 Å². The molecule has 0 radical (unpaired) electrons. The lowest BCUT2D eigenvalue weighted by Crippen LogP contribution is -2.71. The van der Waals surface area contributed by atoms with Gasteiger partial charge in [0, 0.05) is 23.8 Å². The zero-order valence-corrected chi connectivity index (χ0v) is 34.6. The monoisotopic (exact) mass is 799 g/mol. The SMILES string of the molecule is CC=C(C(=O)OC1CC2C(O)C3C(=O)CC(CO)OC3C3C(CC4CCCC(O)C4)C4CCNC(N)C4CCC(CC4CCC(N)NC4)C1(C)OC23)C1CCCC1. The van der Waals surface area contributed by atoms with Gasteiger partial charge in [-0.3, -0.25) is 4.79 Å². The van der Waals surface area contributed by atoms with E-state index in [0.717, 1.165) is 115 Å². The Hall–Kier alpha value is -1.48. The minimum absolute atomic E-state index is 0.0104.